The summed E-state index contributed by atoms with van der Waals surface area (Å²) in [6.45, 7) is 18.5. The van der Waals surface area contributed by atoms with Gasteiger partial charge in [0, 0.05) is 13.3 Å². The predicted molar refractivity (Wildman–Crippen MR) is 133 cm³/mol. The SMILES string of the molecule is C=C(CCC(C)C)C(C)C1CCC2C3CC=C4CC(OC(C)=O)CCC4(C)C3CCC12C. The number of fused-ring (bicyclic) bond motifs is 5. The van der Waals surface area contributed by atoms with Crippen LogP contribution in [0.15, 0.2) is 23.8 Å². The molecule has 4 rings (SSSR count). The van der Waals surface area contributed by atoms with E-state index in [0.29, 0.717) is 16.7 Å². The lowest BCUT2D eigenvalue weighted by atomic mass is 9.47. The Hall–Kier alpha value is -1.05. The van der Waals surface area contributed by atoms with Gasteiger partial charge in [-0.1, -0.05) is 58.4 Å². The lowest BCUT2D eigenvalue weighted by Crippen LogP contribution is -2.51. The van der Waals surface area contributed by atoms with Gasteiger partial charge in [-0.05, 0) is 104 Å². The van der Waals surface area contributed by atoms with Gasteiger partial charge in [0.2, 0.25) is 0 Å². The maximum atomic E-state index is 11.5. The van der Waals surface area contributed by atoms with Crippen molar-refractivity contribution in [1.29, 1.82) is 0 Å². The molecule has 0 aromatic heterocycles. The highest BCUT2D eigenvalue weighted by Crippen LogP contribution is 2.67. The molecule has 0 aromatic carbocycles. The third-order valence-corrected chi connectivity index (χ3v) is 10.8. The smallest absolute Gasteiger partial charge is 0.302 e. The molecule has 8 unspecified atom stereocenters. The summed E-state index contributed by atoms with van der Waals surface area (Å²) < 4.78 is 5.62. The van der Waals surface area contributed by atoms with Crippen molar-refractivity contribution in [3.05, 3.63) is 23.8 Å². The molecule has 180 valence electrons. The van der Waals surface area contributed by atoms with Gasteiger partial charge in [-0.3, -0.25) is 4.79 Å². The van der Waals surface area contributed by atoms with Crippen molar-refractivity contribution in [2.75, 3.05) is 0 Å². The fourth-order valence-corrected chi connectivity index (χ4v) is 8.81. The van der Waals surface area contributed by atoms with Crippen molar-refractivity contribution in [1.82, 2.24) is 0 Å². The minimum atomic E-state index is -0.123. The first kappa shape index (κ1) is 24.1. The number of ether oxygens (including phenoxy) is 1. The Balaban J connectivity index is 1.49. The van der Waals surface area contributed by atoms with E-state index >= 15 is 0 Å². The average molecular weight is 441 g/mol. The van der Waals surface area contributed by atoms with Gasteiger partial charge in [0.05, 0.1) is 0 Å². The van der Waals surface area contributed by atoms with Gasteiger partial charge in [0.15, 0.2) is 0 Å². The minimum Gasteiger partial charge on any atom is -0.462 e. The first-order valence-corrected chi connectivity index (χ1v) is 13.6. The molecule has 0 radical (unpaired) electrons. The molecule has 0 aliphatic heterocycles. The molecular formula is C30H48O2. The topological polar surface area (TPSA) is 26.3 Å². The highest BCUT2D eigenvalue weighted by molar-refractivity contribution is 5.66. The fraction of sp³-hybridized carbons (Fsp3) is 0.833. The highest BCUT2D eigenvalue weighted by Gasteiger charge is 2.59. The molecule has 8 atom stereocenters. The molecular weight excluding hydrogens is 392 g/mol. The summed E-state index contributed by atoms with van der Waals surface area (Å²) in [5.74, 6) is 4.64. The van der Waals surface area contributed by atoms with E-state index in [1.165, 1.54) is 56.9 Å². The van der Waals surface area contributed by atoms with Crippen molar-refractivity contribution >= 4 is 5.97 Å². The molecule has 4 aliphatic rings. The Morgan fingerprint density at radius 3 is 2.56 bits per heavy atom. The van der Waals surface area contributed by atoms with E-state index in [1.807, 2.05) is 0 Å². The van der Waals surface area contributed by atoms with Crippen LogP contribution in [0, 0.1) is 46.3 Å². The molecule has 4 aliphatic carbocycles. The Bertz CT molecular complexity index is 763. The van der Waals surface area contributed by atoms with Crippen LogP contribution in [0.2, 0.25) is 0 Å². The van der Waals surface area contributed by atoms with Gasteiger partial charge in [-0.25, -0.2) is 0 Å². The van der Waals surface area contributed by atoms with Crippen LogP contribution in [0.1, 0.15) is 106 Å². The summed E-state index contributed by atoms with van der Waals surface area (Å²) in [6, 6.07) is 0. The van der Waals surface area contributed by atoms with E-state index in [0.717, 1.165) is 42.4 Å². The molecule has 0 N–H and O–H groups in total. The number of hydrogen-bond donors (Lipinski definition) is 0. The van der Waals surface area contributed by atoms with Crippen molar-refractivity contribution in [3.63, 3.8) is 0 Å². The molecule has 2 heteroatoms. The van der Waals surface area contributed by atoms with Crippen molar-refractivity contribution in [3.8, 4) is 0 Å². The van der Waals surface area contributed by atoms with Crippen LogP contribution in [-0.2, 0) is 9.53 Å². The van der Waals surface area contributed by atoms with Gasteiger partial charge in [0.1, 0.15) is 6.10 Å². The Kier molecular flexibility index (Phi) is 6.74. The van der Waals surface area contributed by atoms with Gasteiger partial charge < -0.3 is 4.74 Å². The normalized spacial score (nSPS) is 41.8. The number of rotatable bonds is 6. The third kappa shape index (κ3) is 4.14. The van der Waals surface area contributed by atoms with E-state index in [9.17, 15) is 4.79 Å². The maximum absolute atomic E-state index is 11.5. The predicted octanol–water partition coefficient (Wildman–Crippen LogP) is 8.13. The van der Waals surface area contributed by atoms with Crippen LogP contribution in [0.3, 0.4) is 0 Å². The van der Waals surface area contributed by atoms with Crippen molar-refractivity contribution in [2.45, 2.75) is 112 Å². The minimum absolute atomic E-state index is 0.103. The Morgan fingerprint density at radius 1 is 1.12 bits per heavy atom. The van der Waals surface area contributed by atoms with Crippen LogP contribution < -0.4 is 0 Å². The first-order valence-electron chi connectivity index (χ1n) is 13.6. The zero-order valence-corrected chi connectivity index (χ0v) is 21.7. The molecule has 0 heterocycles. The largest absolute Gasteiger partial charge is 0.462 e. The van der Waals surface area contributed by atoms with E-state index in [4.69, 9.17) is 4.74 Å². The summed E-state index contributed by atoms with van der Waals surface area (Å²) in [6.07, 6.45) is 15.2. The van der Waals surface area contributed by atoms with Crippen LogP contribution in [0.4, 0.5) is 0 Å². The summed E-state index contributed by atoms with van der Waals surface area (Å²) >= 11 is 0. The number of hydrogen-bond acceptors (Lipinski definition) is 2. The molecule has 0 amide bonds. The Morgan fingerprint density at radius 2 is 1.88 bits per heavy atom. The molecule has 32 heavy (non-hydrogen) atoms. The lowest BCUT2D eigenvalue weighted by molar-refractivity contribution is -0.148. The van der Waals surface area contributed by atoms with Gasteiger partial charge in [0.25, 0.3) is 0 Å². The van der Waals surface area contributed by atoms with Crippen LogP contribution in [0.25, 0.3) is 0 Å². The zero-order valence-electron chi connectivity index (χ0n) is 21.7. The maximum Gasteiger partial charge on any atom is 0.302 e. The molecule has 3 fully saturated rings. The highest BCUT2D eigenvalue weighted by atomic mass is 16.5. The summed E-state index contributed by atoms with van der Waals surface area (Å²) in [5.41, 5.74) is 3.92. The van der Waals surface area contributed by atoms with Gasteiger partial charge in [-0.15, -0.1) is 0 Å². The summed E-state index contributed by atoms with van der Waals surface area (Å²) in [7, 11) is 0. The van der Waals surface area contributed by atoms with Crippen LogP contribution in [0.5, 0.6) is 0 Å². The molecule has 0 bridgehead atoms. The number of allylic oxidation sites excluding steroid dienone is 2. The average Bonchev–Trinajstić information content (AvgIpc) is 3.08. The second-order valence-electron chi connectivity index (χ2n) is 12.8. The quantitative estimate of drug-likeness (QED) is 0.308. The molecule has 0 saturated heterocycles. The Labute approximate surface area is 197 Å². The number of carbonyl (C=O) groups is 1. The van der Waals surface area contributed by atoms with E-state index in [1.54, 1.807) is 12.5 Å². The van der Waals surface area contributed by atoms with E-state index in [-0.39, 0.29) is 12.1 Å². The fourth-order valence-electron chi connectivity index (χ4n) is 8.81. The zero-order chi connectivity index (χ0) is 23.3. The van der Waals surface area contributed by atoms with E-state index in [2.05, 4.69) is 47.3 Å². The molecule has 2 nitrogen and oxygen atoms in total. The lowest BCUT2D eigenvalue weighted by Gasteiger charge is -2.58. The van der Waals surface area contributed by atoms with Gasteiger partial charge >= 0.3 is 5.97 Å². The summed E-state index contributed by atoms with van der Waals surface area (Å²) in [5, 5.41) is 0. The standard InChI is InChI=1S/C30H48O2/c1-19(2)8-9-20(3)21(4)26-12-13-27-25-11-10-23-18-24(32-22(5)31)14-16-29(23,6)28(25)15-17-30(26,27)7/h10,19,21,24-28H,3,8-9,11-18H2,1-2,4-7H3. The summed E-state index contributed by atoms with van der Waals surface area (Å²) in [4.78, 5) is 11.5. The third-order valence-electron chi connectivity index (χ3n) is 10.8. The van der Waals surface area contributed by atoms with Crippen molar-refractivity contribution in [2.24, 2.45) is 46.3 Å². The van der Waals surface area contributed by atoms with Gasteiger partial charge in [-0.2, -0.15) is 0 Å². The first-order chi connectivity index (χ1) is 15.1. The number of carbonyl (C=O) groups excluding carboxylic acids is 1. The second kappa shape index (κ2) is 8.95. The second-order valence-corrected chi connectivity index (χ2v) is 12.8. The molecule has 0 spiro atoms. The van der Waals surface area contributed by atoms with Crippen molar-refractivity contribution < 1.29 is 9.53 Å². The van der Waals surface area contributed by atoms with Crippen LogP contribution in [-0.4, -0.2) is 12.1 Å². The van der Waals surface area contributed by atoms with Crippen LogP contribution >= 0.6 is 0 Å². The number of esters is 1. The monoisotopic (exact) mass is 440 g/mol. The molecule has 0 aromatic rings. The van der Waals surface area contributed by atoms with E-state index < -0.39 is 0 Å². The molecule has 3 saturated carbocycles.